The van der Waals surface area contributed by atoms with Gasteiger partial charge in [-0.15, -0.1) is 5.10 Å². The number of Topliss-reactive ketones (excluding diaryl/α,β-unsaturated/α-hetero) is 1. The van der Waals surface area contributed by atoms with Crippen LogP contribution in [0.25, 0.3) is 11.0 Å². The van der Waals surface area contributed by atoms with Gasteiger partial charge < -0.3 is 19.3 Å². The van der Waals surface area contributed by atoms with Gasteiger partial charge in [0.1, 0.15) is 17.8 Å². The van der Waals surface area contributed by atoms with Gasteiger partial charge in [0, 0.05) is 31.8 Å². The minimum Gasteiger partial charge on any atom is -0.497 e. The first kappa shape index (κ1) is 29.3. The van der Waals surface area contributed by atoms with Crippen LogP contribution in [0.15, 0.2) is 12.1 Å². The Kier molecular flexibility index (Phi) is 8.77. The molecule has 2 aromatic rings. The number of unbranched alkanes of at least 4 members (excludes halogenated alkanes) is 1. The summed E-state index contributed by atoms with van der Waals surface area (Å²) in [5.74, 6) is 4.25. The number of aromatic nitrogens is 3. The van der Waals surface area contributed by atoms with E-state index in [9.17, 15) is 9.90 Å². The van der Waals surface area contributed by atoms with Crippen molar-refractivity contribution in [2.24, 2.45) is 35.0 Å². The fourth-order valence-electron chi connectivity index (χ4n) is 8.86. The maximum absolute atomic E-state index is 13.7. The van der Waals surface area contributed by atoms with Crippen LogP contribution < -0.4 is 9.47 Å². The number of methoxy groups -OCH3 is 3. The molecular formula is C32H49N3O5. The first-order valence-corrected chi connectivity index (χ1v) is 15.4. The van der Waals surface area contributed by atoms with Crippen molar-refractivity contribution < 1.29 is 24.1 Å². The van der Waals surface area contributed by atoms with Crippen LogP contribution in [0.5, 0.6) is 11.5 Å². The largest absolute Gasteiger partial charge is 0.497 e. The van der Waals surface area contributed by atoms with Gasteiger partial charge in [0.15, 0.2) is 17.0 Å². The summed E-state index contributed by atoms with van der Waals surface area (Å²) in [4.78, 5) is 15.3. The van der Waals surface area contributed by atoms with E-state index in [0.29, 0.717) is 40.3 Å². The lowest BCUT2D eigenvalue weighted by atomic mass is 9.53. The van der Waals surface area contributed by atoms with Crippen molar-refractivity contribution in [3.05, 3.63) is 12.1 Å². The highest BCUT2D eigenvalue weighted by Gasteiger charge is 2.56. The molecule has 0 amide bonds. The molecule has 3 aliphatic rings. The monoisotopic (exact) mass is 555 g/mol. The number of rotatable bonds is 12. The smallest absolute Gasteiger partial charge is 0.159 e. The van der Waals surface area contributed by atoms with Crippen LogP contribution >= 0.6 is 0 Å². The second-order valence-corrected chi connectivity index (χ2v) is 13.4. The van der Waals surface area contributed by atoms with Crippen LogP contribution in [-0.4, -0.2) is 59.4 Å². The molecule has 0 aliphatic heterocycles. The first-order chi connectivity index (χ1) is 19.2. The van der Waals surface area contributed by atoms with E-state index in [-0.39, 0.29) is 23.7 Å². The average molecular weight is 556 g/mol. The summed E-state index contributed by atoms with van der Waals surface area (Å²) in [6.07, 6.45) is 11.9. The molecule has 7 atom stereocenters. The summed E-state index contributed by atoms with van der Waals surface area (Å²) >= 11 is 0. The Labute approximate surface area is 239 Å². The zero-order valence-electron chi connectivity index (χ0n) is 25.2. The third-order valence-corrected chi connectivity index (χ3v) is 10.8. The van der Waals surface area contributed by atoms with E-state index in [2.05, 4.69) is 17.1 Å². The van der Waals surface area contributed by atoms with Gasteiger partial charge in [-0.2, -0.15) is 9.90 Å². The molecule has 1 heterocycles. The van der Waals surface area contributed by atoms with E-state index in [0.717, 1.165) is 57.5 Å². The number of carbonyl (C=O) groups is 1. The Hall–Kier alpha value is -2.19. The fourth-order valence-corrected chi connectivity index (χ4v) is 8.86. The van der Waals surface area contributed by atoms with Crippen LogP contribution in [0.3, 0.4) is 0 Å². The minimum atomic E-state index is -0.584. The van der Waals surface area contributed by atoms with Crippen molar-refractivity contribution >= 4 is 16.8 Å². The summed E-state index contributed by atoms with van der Waals surface area (Å²) in [6.45, 7) is 5.39. The molecular weight excluding hydrogens is 506 g/mol. The Morgan fingerprint density at radius 3 is 2.67 bits per heavy atom. The van der Waals surface area contributed by atoms with Crippen molar-refractivity contribution in [2.75, 3.05) is 27.9 Å². The standard InChI is InChI=1S/C32H49N3O5/c1-31(37,13-6-7-15-38-3)19-21-8-9-24-22(16-21)12-14-32(2)25(24)10-11-26(32)28(36)20-35-33-27-17-23(39-4)18-29(40-5)30(27)34-35/h17-18,21-22,24-26,37H,6-16,19-20H2,1-5H3/t21-,22-,24-,25+,26-,31-,32+/m1/s1. The van der Waals surface area contributed by atoms with Crippen molar-refractivity contribution in [3.63, 3.8) is 0 Å². The van der Waals surface area contributed by atoms with Crippen molar-refractivity contribution in [1.29, 1.82) is 0 Å². The number of hydrogen-bond acceptors (Lipinski definition) is 7. The zero-order chi connectivity index (χ0) is 28.5. The third-order valence-electron chi connectivity index (χ3n) is 10.8. The molecule has 0 bridgehead atoms. The second-order valence-electron chi connectivity index (χ2n) is 13.4. The van der Waals surface area contributed by atoms with Gasteiger partial charge in [-0.3, -0.25) is 4.79 Å². The molecule has 3 aliphatic carbocycles. The second kappa shape index (κ2) is 12.0. The molecule has 0 spiro atoms. The number of ketones is 1. The van der Waals surface area contributed by atoms with E-state index in [1.165, 1.54) is 25.7 Å². The van der Waals surface area contributed by atoms with Crippen molar-refractivity contribution in [2.45, 2.75) is 96.6 Å². The topological polar surface area (TPSA) is 95.7 Å². The molecule has 3 saturated carbocycles. The van der Waals surface area contributed by atoms with Crippen LogP contribution in [0.4, 0.5) is 0 Å². The van der Waals surface area contributed by atoms with Crippen molar-refractivity contribution in [3.8, 4) is 11.5 Å². The van der Waals surface area contributed by atoms with E-state index in [4.69, 9.17) is 14.2 Å². The molecule has 5 rings (SSSR count). The number of benzene rings is 1. The molecule has 3 fully saturated rings. The Morgan fingerprint density at radius 1 is 1.10 bits per heavy atom. The summed E-state index contributed by atoms with van der Waals surface area (Å²) in [5, 5.41) is 20.3. The van der Waals surface area contributed by atoms with Crippen molar-refractivity contribution in [1.82, 2.24) is 15.0 Å². The fraction of sp³-hybridized carbons (Fsp3) is 0.781. The lowest BCUT2D eigenvalue weighted by molar-refractivity contribution is -0.130. The number of aliphatic hydroxyl groups is 1. The predicted octanol–water partition coefficient (Wildman–Crippen LogP) is 5.83. The highest BCUT2D eigenvalue weighted by Crippen LogP contribution is 2.62. The summed E-state index contributed by atoms with van der Waals surface area (Å²) in [7, 11) is 4.96. The van der Waals surface area contributed by atoms with Crippen LogP contribution in [0.1, 0.15) is 84.5 Å². The van der Waals surface area contributed by atoms with E-state index < -0.39 is 5.60 Å². The molecule has 8 nitrogen and oxygen atoms in total. The number of hydrogen-bond donors (Lipinski definition) is 1. The number of nitrogens with zero attached hydrogens (tertiary/aromatic N) is 3. The molecule has 40 heavy (non-hydrogen) atoms. The van der Waals surface area contributed by atoms with Gasteiger partial charge in [0.25, 0.3) is 0 Å². The normalized spacial score (nSPS) is 31.4. The third kappa shape index (κ3) is 5.89. The number of ether oxygens (including phenoxy) is 3. The van der Waals surface area contributed by atoms with Gasteiger partial charge in [0.05, 0.1) is 19.8 Å². The van der Waals surface area contributed by atoms with Gasteiger partial charge >= 0.3 is 0 Å². The van der Waals surface area contributed by atoms with E-state index in [1.54, 1.807) is 32.2 Å². The molecule has 0 saturated heterocycles. The Balaban J connectivity index is 1.20. The van der Waals surface area contributed by atoms with Crippen LogP contribution in [0.2, 0.25) is 0 Å². The molecule has 1 aromatic heterocycles. The molecule has 8 heteroatoms. The van der Waals surface area contributed by atoms with Gasteiger partial charge in [-0.25, -0.2) is 0 Å². The highest BCUT2D eigenvalue weighted by atomic mass is 16.5. The van der Waals surface area contributed by atoms with Gasteiger partial charge in [0.2, 0.25) is 0 Å². The number of carbonyl (C=O) groups excluding carboxylic acids is 1. The first-order valence-electron chi connectivity index (χ1n) is 15.4. The number of fused-ring (bicyclic) bond motifs is 4. The van der Waals surface area contributed by atoms with Crippen LogP contribution in [0, 0.1) is 35.0 Å². The van der Waals surface area contributed by atoms with E-state index in [1.807, 2.05) is 13.0 Å². The maximum Gasteiger partial charge on any atom is 0.159 e. The Morgan fingerprint density at radius 2 is 1.93 bits per heavy atom. The molecule has 222 valence electrons. The molecule has 1 aromatic carbocycles. The molecule has 0 radical (unpaired) electrons. The minimum absolute atomic E-state index is 0.0609. The van der Waals surface area contributed by atoms with Crippen LogP contribution in [-0.2, 0) is 16.1 Å². The summed E-state index contributed by atoms with van der Waals surface area (Å²) in [6, 6.07) is 3.63. The Bertz CT molecular complexity index is 1180. The quantitative estimate of drug-likeness (QED) is 0.329. The summed E-state index contributed by atoms with van der Waals surface area (Å²) < 4.78 is 16.0. The SMILES string of the molecule is COCCCC[C@@](C)(O)C[C@@H]1CC[C@@H]2[C@H](CC[C@]3(C)[C@@H](C(=O)Cn4nc5cc(OC)cc(OC)c5n4)CC[C@@H]23)C1. The van der Waals surface area contributed by atoms with E-state index >= 15 is 0 Å². The zero-order valence-corrected chi connectivity index (χ0v) is 25.2. The highest BCUT2D eigenvalue weighted by molar-refractivity contribution is 5.84. The van der Waals surface area contributed by atoms with Gasteiger partial charge in [-0.1, -0.05) is 13.3 Å². The van der Waals surface area contributed by atoms with Gasteiger partial charge in [-0.05, 0) is 100 Å². The lowest BCUT2D eigenvalue weighted by Crippen LogP contribution is -2.46. The molecule has 1 N–H and O–H groups in total. The molecule has 0 unspecified atom stereocenters. The average Bonchev–Trinajstić information content (AvgIpc) is 3.50. The summed E-state index contributed by atoms with van der Waals surface area (Å²) in [5.41, 5.74) is 0.800. The predicted molar refractivity (Wildman–Crippen MR) is 154 cm³/mol. The maximum atomic E-state index is 13.7. The lowest BCUT2D eigenvalue weighted by Gasteiger charge is -2.52.